The van der Waals surface area contributed by atoms with Crippen LogP contribution in [0.4, 0.5) is 0 Å². The molecular weight excluding hydrogens is 292 g/mol. The third-order valence-electron chi connectivity index (χ3n) is 4.16. The highest BCUT2D eigenvalue weighted by Crippen LogP contribution is 2.51. The van der Waals surface area contributed by atoms with Crippen molar-refractivity contribution in [1.82, 2.24) is 5.32 Å². The van der Waals surface area contributed by atoms with Gasteiger partial charge in [0.05, 0.1) is 7.11 Å². The standard InChI is InChI=1S/C14H21BrN2O/c1-17-13(14(9-16)6-3-7-14)11-8-10(15)4-5-12(11)18-2/h4-5,8,13,17H,3,6-7,9,16H2,1-2H3. The Kier molecular flexibility index (Phi) is 4.30. The lowest BCUT2D eigenvalue weighted by atomic mass is 9.62. The summed E-state index contributed by atoms with van der Waals surface area (Å²) < 4.78 is 6.56. The van der Waals surface area contributed by atoms with Crippen molar-refractivity contribution in [2.45, 2.75) is 25.3 Å². The average molecular weight is 313 g/mol. The third kappa shape index (κ3) is 2.29. The number of rotatable bonds is 5. The second-order valence-corrected chi connectivity index (χ2v) is 5.94. The van der Waals surface area contributed by atoms with Gasteiger partial charge in [0.1, 0.15) is 5.75 Å². The van der Waals surface area contributed by atoms with Gasteiger partial charge in [-0.15, -0.1) is 0 Å². The van der Waals surface area contributed by atoms with Crippen LogP contribution in [0.5, 0.6) is 5.75 Å². The highest BCUT2D eigenvalue weighted by molar-refractivity contribution is 9.10. The molecule has 0 aliphatic heterocycles. The van der Waals surface area contributed by atoms with Gasteiger partial charge in [0, 0.05) is 21.5 Å². The number of nitrogens with one attached hydrogen (secondary N) is 1. The molecule has 0 radical (unpaired) electrons. The third-order valence-corrected chi connectivity index (χ3v) is 4.65. The molecule has 1 aromatic carbocycles. The van der Waals surface area contributed by atoms with Crippen LogP contribution in [0.1, 0.15) is 30.9 Å². The number of hydrogen-bond donors (Lipinski definition) is 2. The van der Waals surface area contributed by atoms with Crippen molar-refractivity contribution < 1.29 is 4.74 Å². The Labute approximate surface area is 117 Å². The van der Waals surface area contributed by atoms with Gasteiger partial charge < -0.3 is 15.8 Å². The molecule has 0 spiro atoms. The molecule has 100 valence electrons. The van der Waals surface area contributed by atoms with Crippen LogP contribution in [0.3, 0.4) is 0 Å². The first-order valence-electron chi connectivity index (χ1n) is 6.37. The molecule has 1 atom stereocenters. The van der Waals surface area contributed by atoms with E-state index in [0.29, 0.717) is 6.54 Å². The van der Waals surface area contributed by atoms with Gasteiger partial charge >= 0.3 is 0 Å². The highest BCUT2D eigenvalue weighted by Gasteiger charge is 2.43. The van der Waals surface area contributed by atoms with E-state index in [0.717, 1.165) is 10.2 Å². The minimum absolute atomic E-state index is 0.183. The molecular formula is C14H21BrN2O. The largest absolute Gasteiger partial charge is 0.496 e. The van der Waals surface area contributed by atoms with E-state index < -0.39 is 0 Å². The summed E-state index contributed by atoms with van der Waals surface area (Å²) in [4.78, 5) is 0. The van der Waals surface area contributed by atoms with E-state index in [4.69, 9.17) is 10.5 Å². The van der Waals surface area contributed by atoms with E-state index in [-0.39, 0.29) is 11.5 Å². The van der Waals surface area contributed by atoms with Gasteiger partial charge in [-0.1, -0.05) is 22.4 Å². The van der Waals surface area contributed by atoms with Crippen LogP contribution in [-0.4, -0.2) is 20.7 Å². The van der Waals surface area contributed by atoms with Crippen LogP contribution in [0.15, 0.2) is 22.7 Å². The molecule has 1 saturated carbocycles. The minimum atomic E-state index is 0.183. The molecule has 1 fully saturated rings. The number of halogens is 1. The van der Waals surface area contributed by atoms with Crippen LogP contribution >= 0.6 is 15.9 Å². The van der Waals surface area contributed by atoms with Gasteiger partial charge in [-0.3, -0.25) is 0 Å². The fourth-order valence-electron chi connectivity index (χ4n) is 2.96. The van der Waals surface area contributed by atoms with Crippen LogP contribution < -0.4 is 15.8 Å². The normalized spacial score (nSPS) is 19.1. The Morgan fingerprint density at radius 3 is 2.67 bits per heavy atom. The molecule has 1 unspecified atom stereocenters. The molecule has 0 heterocycles. The zero-order valence-corrected chi connectivity index (χ0v) is 12.6. The molecule has 0 amide bonds. The summed E-state index contributed by atoms with van der Waals surface area (Å²) in [5, 5.41) is 3.43. The van der Waals surface area contributed by atoms with Crippen molar-refractivity contribution in [3.05, 3.63) is 28.2 Å². The molecule has 0 bridgehead atoms. The molecule has 0 saturated heterocycles. The zero-order chi connectivity index (χ0) is 13.2. The van der Waals surface area contributed by atoms with Gasteiger partial charge in [-0.25, -0.2) is 0 Å². The van der Waals surface area contributed by atoms with Crippen molar-refractivity contribution in [2.24, 2.45) is 11.1 Å². The number of benzene rings is 1. The quantitative estimate of drug-likeness (QED) is 0.879. The molecule has 1 aromatic rings. The summed E-state index contributed by atoms with van der Waals surface area (Å²) in [5.74, 6) is 0.928. The summed E-state index contributed by atoms with van der Waals surface area (Å²) in [6.45, 7) is 0.716. The maximum atomic E-state index is 6.02. The lowest BCUT2D eigenvalue weighted by molar-refractivity contribution is 0.0865. The Morgan fingerprint density at radius 2 is 2.22 bits per heavy atom. The maximum absolute atomic E-state index is 6.02. The summed E-state index contributed by atoms with van der Waals surface area (Å²) in [6.07, 6.45) is 3.64. The molecule has 18 heavy (non-hydrogen) atoms. The molecule has 0 aromatic heterocycles. The van der Waals surface area contributed by atoms with E-state index >= 15 is 0 Å². The fourth-order valence-corrected chi connectivity index (χ4v) is 3.34. The number of nitrogens with two attached hydrogens (primary N) is 1. The van der Waals surface area contributed by atoms with Gasteiger partial charge in [0.15, 0.2) is 0 Å². The Bertz CT molecular complexity index is 413. The Morgan fingerprint density at radius 1 is 1.50 bits per heavy atom. The highest BCUT2D eigenvalue weighted by atomic mass is 79.9. The van der Waals surface area contributed by atoms with Crippen LogP contribution in [-0.2, 0) is 0 Å². The van der Waals surface area contributed by atoms with E-state index in [9.17, 15) is 0 Å². The first-order valence-corrected chi connectivity index (χ1v) is 7.17. The SMILES string of the molecule is CNC(c1cc(Br)ccc1OC)C1(CN)CCC1. The van der Waals surface area contributed by atoms with Crippen LogP contribution in [0, 0.1) is 5.41 Å². The topological polar surface area (TPSA) is 47.3 Å². The van der Waals surface area contributed by atoms with E-state index in [1.165, 1.54) is 24.8 Å². The summed E-state index contributed by atoms with van der Waals surface area (Å²) in [5.41, 5.74) is 7.40. The minimum Gasteiger partial charge on any atom is -0.496 e. The summed E-state index contributed by atoms with van der Waals surface area (Å²) >= 11 is 3.54. The van der Waals surface area contributed by atoms with Crippen LogP contribution in [0.25, 0.3) is 0 Å². The monoisotopic (exact) mass is 312 g/mol. The van der Waals surface area contributed by atoms with Crippen molar-refractivity contribution >= 4 is 15.9 Å². The Hall–Kier alpha value is -0.580. The fraction of sp³-hybridized carbons (Fsp3) is 0.571. The van der Waals surface area contributed by atoms with Crippen molar-refractivity contribution in [3.63, 3.8) is 0 Å². The van der Waals surface area contributed by atoms with E-state index in [1.807, 2.05) is 19.2 Å². The molecule has 3 nitrogen and oxygen atoms in total. The van der Waals surface area contributed by atoms with E-state index in [1.54, 1.807) is 7.11 Å². The Balaban J connectivity index is 2.40. The van der Waals surface area contributed by atoms with Crippen molar-refractivity contribution in [1.29, 1.82) is 0 Å². The predicted octanol–water partition coefficient (Wildman–Crippen LogP) is 2.85. The molecule has 1 aliphatic rings. The average Bonchev–Trinajstić information content (AvgIpc) is 2.33. The number of hydrogen-bond acceptors (Lipinski definition) is 3. The molecule has 1 aliphatic carbocycles. The van der Waals surface area contributed by atoms with E-state index in [2.05, 4.69) is 27.3 Å². The summed E-state index contributed by atoms with van der Waals surface area (Å²) in [7, 11) is 3.72. The smallest absolute Gasteiger partial charge is 0.123 e. The molecule has 3 N–H and O–H groups in total. The lowest BCUT2D eigenvalue weighted by Crippen LogP contribution is -2.47. The molecule has 4 heteroatoms. The van der Waals surface area contributed by atoms with Gasteiger partial charge in [0.25, 0.3) is 0 Å². The van der Waals surface area contributed by atoms with Crippen molar-refractivity contribution in [2.75, 3.05) is 20.7 Å². The second-order valence-electron chi connectivity index (χ2n) is 5.03. The number of methoxy groups -OCH3 is 1. The van der Waals surface area contributed by atoms with Gasteiger partial charge in [-0.05, 0) is 44.6 Å². The van der Waals surface area contributed by atoms with Gasteiger partial charge in [-0.2, -0.15) is 0 Å². The molecule has 2 rings (SSSR count). The first-order chi connectivity index (χ1) is 8.66. The maximum Gasteiger partial charge on any atom is 0.123 e. The summed E-state index contributed by atoms with van der Waals surface area (Å²) in [6, 6.07) is 6.40. The number of ether oxygens (including phenoxy) is 1. The first kappa shape index (κ1) is 13.8. The van der Waals surface area contributed by atoms with Crippen molar-refractivity contribution in [3.8, 4) is 5.75 Å². The second kappa shape index (κ2) is 5.59. The van der Waals surface area contributed by atoms with Gasteiger partial charge in [0.2, 0.25) is 0 Å². The zero-order valence-electron chi connectivity index (χ0n) is 11.0. The predicted molar refractivity (Wildman–Crippen MR) is 77.8 cm³/mol. The lowest BCUT2D eigenvalue weighted by Gasteiger charge is -2.47. The van der Waals surface area contributed by atoms with Crippen LogP contribution in [0.2, 0.25) is 0 Å².